The minimum Gasteiger partial charge on any atom is -0.320 e. The number of amides is 1. The van der Waals surface area contributed by atoms with Gasteiger partial charge in [0, 0.05) is 11.8 Å². The van der Waals surface area contributed by atoms with Crippen LogP contribution in [0.3, 0.4) is 0 Å². The van der Waals surface area contributed by atoms with Crippen LogP contribution in [-0.2, 0) is 12.8 Å². The molecule has 1 aromatic carbocycles. The van der Waals surface area contributed by atoms with Gasteiger partial charge in [0.15, 0.2) is 0 Å². The summed E-state index contributed by atoms with van der Waals surface area (Å²) < 4.78 is 0. The van der Waals surface area contributed by atoms with Crippen molar-refractivity contribution in [2.24, 2.45) is 0 Å². The van der Waals surface area contributed by atoms with E-state index in [4.69, 9.17) is 0 Å². The van der Waals surface area contributed by atoms with Crippen LogP contribution in [0.2, 0.25) is 0 Å². The van der Waals surface area contributed by atoms with Crippen molar-refractivity contribution in [2.45, 2.75) is 26.7 Å². The number of carbonyl (C=O) groups is 1. The summed E-state index contributed by atoms with van der Waals surface area (Å²) in [6, 6.07) is 8.68. The molecule has 1 aromatic heterocycles. The summed E-state index contributed by atoms with van der Waals surface area (Å²) in [6.45, 7) is 4.09. The number of aromatic amines is 1. The fraction of sp³-hybridized carbons (Fsp3) is 0.267. The van der Waals surface area contributed by atoms with E-state index in [1.807, 2.05) is 32.0 Å². The molecule has 2 N–H and O–H groups in total. The first-order chi connectivity index (χ1) is 9.65. The number of rotatable bonds is 4. The van der Waals surface area contributed by atoms with Gasteiger partial charge in [0.05, 0.1) is 0 Å². The van der Waals surface area contributed by atoms with Crippen LogP contribution in [0.5, 0.6) is 0 Å². The molecule has 0 radical (unpaired) electrons. The van der Waals surface area contributed by atoms with Gasteiger partial charge in [-0.3, -0.25) is 9.59 Å². The van der Waals surface area contributed by atoms with E-state index in [9.17, 15) is 9.59 Å². The molecule has 0 aliphatic rings. The van der Waals surface area contributed by atoms with Gasteiger partial charge in [-0.15, -0.1) is 0 Å². The lowest BCUT2D eigenvalue weighted by Crippen LogP contribution is -2.19. The lowest BCUT2D eigenvalue weighted by Gasteiger charge is -2.13. The zero-order chi connectivity index (χ0) is 14.5. The van der Waals surface area contributed by atoms with Crippen LogP contribution in [0.15, 0.2) is 35.1 Å². The molecule has 2 rings (SSSR count). The van der Waals surface area contributed by atoms with Crippen molar-refractivity contribution < 1.29 is 4.79 Å². The summed E-state index contributed by atoms with van der Waals surface area (Å²) in [5.41, 5.74) is 2.88. The minimum absolute atomic E-state index is 0.192. The van der Waals surface area contributed by atoms with E-state index in [1.165, 1.54) is 12.1 Å². The van der Waals surface area contributed by atoms with Gasteiger partial charge in [0.2, 0.25) is 0 Å². The molecule has 20 heavy (non-hydrogen) atoms. The SMILES string of the molecule is CCc1cccc(CC)c1NC(=O)c1ccc(=O)[nH]n1. The van der Waals surface area contributed by atoms with E-state index >= 15 is 0 Å². The normalized spacial score (nSPS) is 10.3. The highest BCUT2D eigenvalue weighted by Gasteiger charge is 2.12. The summed E-state index contributed by atoms with van der Waals surface area (Å²) in [4.78, 5) is 23.1. The fourth-order valence-corrected chi connectivity index (χ4v) is 2.05. The molecule has 5 heteroatoms. The van der Waals surface area contributed by atoms with E-state index in [2.05, 4.69) is 15.5 Å². The van der Waals surface area contributed by atoms with Crippen LogP contribution in [0.4, 0.5) is 5.69 Å². The predicted molar refractivity (Wildman–Crippen MR) is 78.0 cm³/mol. The van der Waals surface area contributed by atoms with Crippen molar-refractivity contribution >= 4 is 11.6 Å². The second-order valence-electron chi connectivity index (χ2n) is 4.42. The summed E-state index contributed by atoms with van der Waals surface area (Å²) >= 11 is 0. The summed E-state index contributed by atoms with van der Waals surface area (Å²) in [5.74, 6) is -0.322. The lowest BCUT2D eigenvalue weighted by atomic mass is 10.0. The van der Waals surface area contributed by atoms with Gasteiger partial charge >= 0.3 is 0 Å². The average molecular weight is 271 g/mol. The average Bonchev–Trinajstić information content (AvgIpc) is 2.48. The number of H-pyrrole nitrogens is 1. The van der Waals surface area contributed by atoms with Gasteiger partial charge in [-0.1, -0.05) is 32.0 Å². The van der Waals surface area contributed by atoms with Crippen molar-refractivity contribution in [3.05, 3.63) is 57.5 Å². The highest BCUT2D eigenvalue weighted by Crippen LogP contribution is 2.22. The number of hydrogen-bond donors (Lipinski definition) is 2. The maximum Gasteiger partial charge on any atom is 0.276 e. The summed E-state index contributed by atoms with van der Waals surface area (Å²) in [6.07, 6.45) is 1.67. The van der Waals surface area contributed by atoms with E-state index in [-0.39, 0.29) is 17.2 Å². The molecule has 2 aromatic rings. The number of carbonyl (C=O) groups excluding carboxylic acids is 1. The smallest absolute Gasteiger partial charge is 0.276 e. The number of nitrogens with one attached hydrogen (secondary N) is 2. The van der Waals surface area contributed by atoms with Crippen LogP contribution in [0.1, 0.15) is 35.5 Å². The van der Waals surface area contributed by atoms with Crippen LogP contribution in [-0.4, -0.2) is 16.1 Å². The van der Waals surface area contributed by atoms with Crippen LogP contribution in [0.25, 0.3) is 0 Å². The van der Waals surface area contributed by atoms with E-state index < -0.39 is 0 Å². The molecule has 0 atom stereocenters. The second kappa shape index (κ2) is 6.14. The maximum absolute atomic E-state index is 12.2. The molecule has 0 fully saturated rings. The van der Waals surface area contributed by atoms with Gasteiger partial charge in [-0.25, -0.2) is 5.10 Å². The topological polar surface area (TPSA) is 74.8 Å². The van der Waals surface area contributed by atoms with Crippen LogP contribution < -0.4 is 10.9 Å². The van der Waals surface area contributed by atoms with Crippen LogP contribution in [0, 0.1) is 0 Å². The van der Waals surface area contributed by atoms with E-state index in [0.717, 1.165) is 29.7 Å². The molecule has 0 saturated heterocycles. The van der Waals surface area contributed by atoms with Crippen molar-refractivity contribution in [1.82, 2.24) is 10.2 Å². The Balaban J connectivity index is 2.31. The molecule has 0 aliphatic heterocycles. The number of benzene rings is 1. The van der Waals surface area contributed by atoms with Gasteiger partial charge in [0.25, 0.3) is 11.5 Å². The van der Waals surface area contributed by atoms with E-state index in [0.29, 0.717) is 0 Å². The third-order valence-corrected chi connectivity index (χ3v) is 3.15. The van der Waals surface area contributed by atoms with Crippen molar-refractivity contribution in [2.75, 3.05) is 5.32 Å². The third-order valence-electron chi connectivity index (χ3n) is 3.15. The molecule has 0 bridgehead atoms. The third kappa shape index (κ3) is 2.93. The predicted octanol–water partition coefficient (Wildman–Crippen LogP) is 2.15. The molecular weight excluding hydrogens is 254 g/mol. The largest absolute Gasteiger partial charge is 0.320 e. The molecular formula is C15H17N3O2. The molecule has 0 spiro atoms. The molecule has 0 unspecified atom stereocenters. The number of anilines is 1. The number of nitrogens with zero attached hydrogens (tertiary/aromatic N) is 1. The highest BCUT2D eigenvalue weighted by molar-refractivity contribution is 6.03. The van der Waals surface area contributed by atoms with Gasteiger partial charge in [-0.05, 0) is 30.0 Å². The molecule has 0 aliphatic carbocycles. The van der Waals surface area contributed by atoms with Crippen molar-refractivity contribution in [3.63, 3.8) is 0 Å². The monoisotopic (exact) mass is 271 g/mol. The molecule has 5 nitrogen and oxygen atoms in total. The molecule has 1 amide bonds. The standard InChI is InChI=1S/C15H17N3O2/c1-3-10-6-5-7-11(4-2)14(10)16-15(20)12-8-9-13(19)18-17-12/h5-9H,3-4H2,1-2H3,(H,16,20)(H,18,19). The molecule has 0 saturated carbocycles. The molecule has 1 heterocycles. The Labute approximate surface area is 117 Å². The molecule has 104 valence electrons. The number of aryl methyl sites for hydroxylation is 2. The zero-order valence-corrected chi connectivity index (χ0v) is 11.6. The summed E-state index contributed by atoms with van der Waals surface area (Å²) in [7, 11) is 0. The first-order valence-electron chi connectivity index (χ1n) is 6.63. The number of hydrogen-bond acceptors (Lipinski definition) is 3. The van der Waals surface area contributed by atoms with Crippen LogP contribution >= 0.6 is 0 Å². The Morgan fingerprint density at radius 2 is 1.80 bits per heavy atom. The lowest BCUT2D eigenvalue weighted by molar-refractivity contribution is 0.102. The summed E-state index contributed by atoms with van der Waals surface area (Å²) in [5, 5.41) is 8.89. The van der Waals surface area contributed by atoms with Crippen molar-refractivity contribution in [3.8, 4) is 0 Å². The fourth-order valence-electron chi connectivity index (χ4n) is 2.05. The Hall–Kier alpha value is -2.43. The highest BCUT2D eigenvalue weighted by atomic mass is 16.2. The Morgan fingerprint density at radius 1 is 1.15 bits per heavy atom. The zero-order valence-electron chi connectivity index (χ0n) is 11.6. The van der Waals surface area contributed by atoms with Crippen molar-refractivity contribution in [1.29, 1.82) is 0 Å². The first kappa shape index (κ1) is 14.0. The Bertz CT molecular complexity index is 634. The first-order valence-corrected chi connectivity index (χ1v) is 6.63. The number of para-hydroxylation sites is 1. The minimum atomic E-state index is -0.329. The van der Waals surface area contributed by atoms with Gasteiger partial charge in [-0.2, -0.15) is 5.10 Å². The second-order valence-corrected chi connectivity index (χ2v) is 4.42. The number of aromatic nitrogens is 2. The quantitative estimate of drug-likeness (QED) is 0.894. The van der Waals surface area contributed by atoms with Gasteiger partial charge < -0.3 is 5.32 Å². The maximum atomic E-state index is 12.2. The van der Waals surface area contributed by atoms with E-state index in [1.54, 1.807) is 0 Å². The Morgan fingerprint density at radius 3 is 2.30 bits per heavy atom. The van der Waals surface area contributed by atoms with Gasteiger partial charge in [0.1, 0.15) is 5.69 Å². The Kier molecular flexibility index (Phi) is 4.30.